The predicted molar refractivity (Wildman–Crippen MR) is 133 cm³/mol. The van der Waals surface area contributed by atoms with Crippen LogP contribution in [0.5, 0.6) is 0 Å². The van der Waals surface area contributed by atoms with Crippen LogP contribution in [-0.4, -0.2) is 6.61 Å². The van der Waals surface area contributed by atoms with Crippen molar-refractivity contribution in [3.05, 3.63) is 106 Å². The van der Waals surface area contributed by atoms with Gasteiger partial charge in [0.15, 0.2) is 11.6 Å². The van der Waals surface area contributed by atoms with Crippen molar-refractivity contribution < 1.29 is 17.9 Å². The van der Waals surface area contributed by atoms with E-state index in [2.05, 4.69) is 6.08 Å². The number of hydrogen-bond acceptors (Lipinski definition) is 1. The van der Waals surface area contributed by atoms with Gasteiger partial charge in [0.05, 0.1) is 6.61 Å². The molecule has 0 saturated heterocycles. The van der Waals surface area contributed by atoms with Crippen LogP contribution in [-0.2, 0) is 11.3 Å². The molecule has 1 aliphatic carbocycles. The van der Waals surface area contributed by atoms with Gasteiger partial charge >= 0.3 is 0 Å². The second-order valence-electron chi connectivity index (χ2n) is 8.77. The molecule has 0 heterocycles. The lowest BCUT2D eigenvalue weighted by Gasteiger charge is -2.20. The van der Waals surface area contributed by atoms with Crippen LogP contribution < -0.4 is 0 Å². The van der Waals surface area contributed by atoms with Crippen molar-refractivity contribution in [1.82, 2.24) is 0 Å². The average molecular weight is 463 g/mol. The summed E-state index contributed by atoms with van der Waals surface area (Å²) >= 11 is 0. The summed E-state index contributed by atoms with van der Waals surface area (Å²) in [7, 11) is 0. The molecule has 0 radical (unpaired) electrons. The quantitative estimate of drug-likeness (QED) is 0.342. The molecule has 0 bridgehead atoms. The van der Waals surface area contributed by atoms with Gasteiger partial charge in [-0.15, -0.1) is 0 Å². The van der Waals surface area contributed by atoms with Gasteiger partial charge in [-0.3, -0.25) is 0 Å². The lowest BCUT2D eigenvalue weighted by molar-refractivity contribution is 0.134. The molecule has 0 N–H and O–H groups in total. The van der Waals surface area contributed by atoms with Crippen molar-refractivity contribution in [3.63, 3.8) is 0 Å². The Morgan fingerprint density at radius 3 is 2.38 bits per heavy atom. The molecule has 1 atom stereocenters. The minimum atomic E-state index is -0.837. The number of aryl methyl sites for hydroxylation is 1. The summed E-state index contributed by atoms with van der Waals surface area (Å²) in [6, 6.07) is 15.9. The molecular formula is C30H29F3O. The highest BCUT2D eigenvalue weighted by Crippen LogP contribution is 2.33. The molecule has 0 saturated carbocycles. The van der Waals surface area contributed by atoms with Crippen molar-refractivity contribution in [3.8, 4) is 11.1 Å². The van der Waals surface area contributed by atoms with Crippen LogP contribution in [0.3, 0.4) is 0 Å². The van der Waals surface area contributed by atoms with Gasteiger partial charge in [-0.2, -0.15) is 0 Å². The highest BCUT2D eigenvalue weighted by molar-refractivity contribution is 5.68. The maximum atomic E-state index is 14.7. The Morgan fingerprint density at radius 1 is 0.941 bits per heavy atom. The van der Waals surface area contributed by atoms with E-state index in [9.17, 15) is 13.2 Å². The van der Waals surface area contributed by atoms with Gasteiger partial charge in [0.1, 0.15) is 5.82 Å². The lowest BCUT2D eigenvalue weighted by Crippen LogP contribution is -2.04. The summed E-state index contributed by atoms with van der Waals surface area (Å²) in [6.07, 6.45) is 7.93. The summed E-state index contributed by atoms with van der Waals surface area (Å²) < 4.78 is 49.4. The van der Waals surface area contributed by atoms with Crippen LogP contribution in [0.25, 0.3) is 22.8 Å². The zero-order valence-corrected chi connectivity index (χ0v) is 19.6. The van der Waals surface area contributed by atoms with Crippen molar-refractivity contribution in [2.24, 2.45) is 5.92 Å². The molecule has 3 aromatic carbocycles. The van der Waals surface area contributed by atoms with Crippen LogP contribution in [0.1, 0.15) is 48.4 Å². The molecule has 0 aromatic heterocycles. The van der Waals surface area contributed by atoms with E-state index in [-0.39, 0.29) is 22.9 Å². The minimum absolute atomic E-state index is 0.197. The maximum absolute atomic E-state index is 14.7. The van der Waals surface area contributed by atoms with E-state index in [1.807, 2.05) is 44.2 Å². The third kappa shape index (κ3) is 5.51. The standard InChI is InChI=1S/C30H29F3O/c1-3-34-19-22-9-16-26(28(31)18-22)23-12-6-21(7-13-23)8-14-25-15-17-27(30(33)29(25)32)24-10-4-20(2)5-11-24/h4-5,8-12,14-18,21H,3,6-7,13,19H2,1-2H3/b14-8+. The topological polar surface area (TPSA) is 9.23 Å². The van der Waals surface area contributed by atoms with Gasteiger partial charge in [-0.25, -0.2) is 13.2 Å². The molecule has 1 nitrogen and oxygen atoms in total. The Morgan fingerprint density at radius 2 is 1.71 bits per heavy atom. The third-order valence-corrected chi connectivity index (χ3v) is 6.33. The number of halogens is 3. The number of rotatable bonds is 7. The normalized spacial score (nSPS) is 16.1. The van der Waals surface area contributed by atoms with Gasteiger partial charge in [-0.05, 0) is 61.8 Å². The van der Waals surface area contributed by atoms with Crippen LogP contribution >= 0.6 is 0 Å². The van der Waals surface area contributed by atoms with Crippen molar-refractivity contribution in [2.75, 3.05) is 6.61 Å². The summed E-state index contributed by atoms with van der Waals surface area (Å²) in [6.45, 7) is 4.86. The first-order valence-electron chi connectivity index (χ1n) is 11.7. The lowest BCUT2D eigenvalue weighted by atomic mass is 9.85. The molecule has 0 amide bonds. The minimum Gasteiger partial charge on any atom is -0.377 e. The molecule has 3 aromatic rings. The van der Waals surface area contributed by atoms with E-state index in [0.717, 1.165) is 36.0 Å². The van der Waals surface area contributed by atoms with Gasteiger partial charge in [0.25, 0.3) is 0 Å². The summed E-state index contributed by atoms with van der Waals surface area (Å²) in [5.74, 6) is -1.71. The monoisotopic (exact) mass is 462 g/mol. The summed E-state index contributed by atoms with van der Waals surface area (Å²) in [5.41, 5.74) is 4.65. The average Bonchev–Trinajstić information content (AvgIpc) is 2.85. The molecule has 34 heavy (non-hydrogen) atoms. The zero-order chi connectivity index (χ0) is 24.1. The zero-order valence-electron chi connectivity index (χ0n) is 19.6. The highest BCUT2D eigenvalue weighted by Gasteiger charge is 2.17. The summed E-state index contributed by atoms with van der Waals surface area (Å²) in [5, 5.41) is 0. The molecule has 1 unspecified atom stereocenters. The van der Waals surface area contributed by atoms with Gasteiger partial charge < -0.3 is 4.74 Å². The fourth-order valence-electron chi connectivity index (χ4n) is 4.29. The molecule has 0 spiro atoms. The Labute approximate surface area is 199 Å². The smallest absolute Gasteiger partial charge is 0.167 e. The molecule has 4 rings (SSSR count). The Hall–Kier alpha value is -3.11. The molecular weight excluding hydrogens is 433 g/mol. The van der Waals surface area contributed by atoms with Gasteiger partial charge in [-0.1, -0.05) is 72.3 Å². The van der Waals surface area contributed by atoms with E-state index >= 15 is 0 Å². The van der Waals surface area contributed by atoms with E-state index < -0.39 is 11.6 Å². The van der Waals surface area contributed by atoms with Crippen molar-refractivity contribution in [2.45, 2.75) is 39.7 Å². The SMILES string of the molecule is CCOCc1ccc(C2=CCC(/C=C/c3ccc(-c4ccc(C)cc4)c(F)c3F)CC2)c(F)c1. The van der Waals surface area contributed by atoms with Crippen LogP contribution in [0.15, 0.2) is 66.7 Å². The fraction of sp³-hybridized carbons (Fsp3) is 0.267. The van der Waals surface area contributed by atoms with Crippen molar-refractivity contribution in [1.29, 1.82) is 0 Å². The first-order valence-corrected chi connectivity index (χ1v) is 11.7. The third-order valence-electron chi connectivity index (χ3n) is 6.33. The second-order valence-corrected chi connectivity index (χ2v) is 8.77. The number of ether oxygens (including phenoxy) is 1. The molecule has 4 heteroatoms. The van der Waals surface area contributed by atoms with Crippen LogP contribution in [0.2, 0.25) is 0 Å². The van der Waals surface area contributed by atoms with Gasteiger partial charge in [0.2, 0.25) is 0 Å². The predicted octanol–water partition coefficient (Wildman–Crippen LogP) is 8.51. The van der Waals surface area contributed by atoms with E-state index in [4.69, 9.17) is 4.74 Å². The fourth-order valence-corrected chi connectivity index (χ4v) is 4.29. The molecule has 0 fully saturated rings. The van der Waals surface area contributed by atoms with E-state index in [1.54, 1.807) is 30.3 Å². The Balaban J connectivity index is 1.44. The van der Waals surface area contributed by atoms with Crippen LogP contribution in [0, 0.1) is 30.3 Å². The number of allylic oxidation sites excluding steroid dienone is 3. The largest absolute Gasteiger partial charge is 0.377 e. The second kappa shape index (κ2) is 10.9. The van der Waals surface area contributed by atoms with Gasteiger partial charge in [0, 0.05) is 23.3 Å². The Kier molecular flexibility index (Phi) is 7.69. The first-order chi connectivity index (χ1) is 16.5. The summed E-state index contributed by atoms with van der Waals surface area (Å²) in [4.78, 5) is 0. The first kappa shape index (κ1) is 24.0. The van der Waals surface area contributed by atoms with Crippen LogP contribution in [0.4, 0.5) is 13.2 Å². The molecule has 1 aliphatic rings. The Bertz CT molecular complexity index is 1210. The highest BCUT2D eigenvalue weighted by atomic mass is 19.2. The molecule has 176 valence electrons. The maximum Gasteiger partial charge on any atom is 0.167 e. The number of benzene rings is 3. The van der Waals surface area contributed by atoms with E-state index in [1.165, 1.54) is 6.07 Å². The van der Waals surface area contributed by atoms with E-state index in [0.29, 0.717) is 24.3 Å². The molecule has 0 aliphatic heterocycles. The number of hydrogen-bond donors (Lipinski definition) is 0. The van der Waals surface area contributed by atoms with Crippen molar-refractivity contribution >= 4 is 11.6 Å².